The van der Waals surface area contributed by atoms with Gasteiger partial charge in [0.1, 0.15) is 29.4 Å². The van der Waals surface area contributed by atoms with Crippen LogP contribution in [0.25, 0.3) is 11.3 Å². The number of aliphatic imine (C=N–C) groups is 1. The van der Waals surface area contributed by atoms with Crippen molar-refractivity contribution in [2.45, 2.75) is 37.9 Å². The monoisotopic (exact) mass is 601 g/mol. The van der Waals surface area contributed by atoms with Gasteiger partial charge in [-0.3, -0.25) is 4.99 Å². The third-order valence-corrected chi connectivity index (χ3v) is 7.98. The molecule has 2 fully saturated rings. The van der Waals surface area contributed by atoms with Gasteiger partial charge in [0.15, 0.2) is 0 Å². The molecular formula is C29H26Cl3N3O5. The van der Waals surface area contributed by atoms with Crippen molar-refractivity contribution < 1.29 is 24.3 Å². The summed E-state index contributed by atoms with van der Waals surface area (Å²) in [5.74, 6) is 0.455. The number of rotatable bonds is 10. The molecule has 0 unspecified atom stereocenters. The highest BCUT2D eigenvalue weighted by Gasteiger charge is 2.44. The highest BCUT2D eigenvalue weighted by atomic mass is 35.5. The molecule has 208 valence electrons. The van der Waals surface area contributed by atoms with Crippen LogP contribution in [0.3, 0.4) is 0 Å². The van der Waals surface area contributed by atoms with Gasteiger partial charge in [-0.2, -0.15) is 0 Å². The zero-order valence-electron chi connectivity index (χ0n) is 21.5. The smallest absolute Gasteiger partial charge is 0.337 e. The number of hydrogen-bond donors (Lipinski definition) is 2. The standard InChI is InChI=1S/C29H26Cl3N3O5/c1-16(10-18(12-33-2)28(36)37)35-14-29(38,15-35)21-9-8-19(11-24(21)32)39-13-20-26(34-40-27(20)17-6-7-17)25-22(30)4-3-5-23(25)31/h3-5,8-12,17,38H,2,6-7,13-15H2,1H3,(H,36,37)/b16-10+,18-12+. The Morgan fingerprint density at radius 1 is 1.23 bits per heavy atom. The van der Waals surface area contributed by atoms with E-state index in [1.54, 1.807) is 43.3 Å². The van der Waals surface area contributed by atoms with Crippen molar-refractivity contribution in [1.29, 1.82) is 0 Å². The summed E-state index contributed by atoms with van der Waals surface area (Å²) in [6, 6.07) is 10.4. The Labute approximate surface area is 246 Å². The second kappa shape index (κ2) is 11.3. The first kappa shape index (κ1) is 28.2. The summed E-state index contributed by atoms with van der Waals surface area (Å²) in [6.45, 7) is 5.73. The van der Waals surface area contributed by atoms with Crippen molar-refractivity contribution in [3.05, 3.63) is 91.9 Å². The van der Waals surface area contributed by atoms with Gasteiger partial charge in [0.2, 0.25) is 0 Å². The Bertz CT molecular complexity index is 1520. The lowest BCUT2D eigenvalue weighted by Crippen LogP contribution is -2.58. The minimum atomic E-state index is -1.20. The lowest BCUT2D eigenvalue weighted by Gasteiger charge is -2.49. The number of ether oxygens (including phenoxy) is 1. The molecule has 40 heavy (non-hydrogen) atoms. The van der Waals surface area contributed by atoms with Crippen LogP contribution in [0.4, 0.5) is 0 Å². The van der Waals surface area contributed by atoms with E-state index in [2.05, 4.69) is 16.9 Å². The van der Waals surface area contributed by atoms with E-state index in [0.717, 1.165) is 24.2 Å². The number of halogens is 3. The first-order valence-electron chi connectivity index (χ1n) is 12.5. The van der Waals surface area contributed by atoms with Crippen molar-refractivity contribution in [3.63, 3.8) is 0 Å². The second-order valence-corrected chi connectivity index (χ2v) is 11.1. The summed E-state index contributed by atoms with van der Waals surface area (Å²) in [5.41, 5.74) is 1.97. The predicted octanol–water partition coefficient (Wildman–Crippen LogP) is 6.83. The van der Waals surface area contributed by atoms with Crippen molar-refractivity contribution in [1.82, 2.24) is 10.1 Å². The maximum atomic E-state index is 11.4. The fourth-order valence-electron chi connectivity index (χ4n) is 4.74. The molecule has 1 aliphatic carbocycles. The average molecular weight is 603 g/mol. The number of aliphatic carboxylic acids is 1. The van der Waals surface area contributed by atoms with Crippen LogP contribution < -0.4 is 4.74 Å². The average Bonchev–Trinajstić information content (AvgIpc) is 3.65. The van der Waals surface area contributed by atoms with Gasteiger partial charge >= 0.3 is 5.97 Å². The van der Waals surface area contributed by atoms with E-state index < -0.39 is 11.6 Å². The molecule has 2 heterocycles. The van der Waals surface area contributed by atoms with E-state index in [1.165, 1.54) is 12.3 Å². The molecule has 1 aromatic heterocycles. The normalized spacial score (nSPS) is 17.0. The third kappa shape index (κ3) is 5.63. The van der Waals surface area contributed by atoms with Crippen LogP contribution in [0, 0.1) is 0 Å². The maximum absolute atomic E-state index is 11.4. The molecule has 11 heteroatoms. The third-order valence-electron chi connectivity index (χ3n) is 7.04. The van der Waals surface area contributed by atoms with Gasteiger partial charge in [-0.15, -0.1) is 0 Å². The number of nitrogens with zero attached hydrogens (tertiary/aromatic N) is 3. The molecule has 3 aromatic rings. The number of aliphatic hydroxyl groups is 1. The minimum absolute atomic E-state index is 0.0000959. The molecule has 1 saturated carbocycles. The van der Waals surface area contributed by atoms with Crippen LogP contribution in [-0.2, 0) is 17.0 Å². The zero-order chi connectivity index (χ0) is 28.6. The fraction of sp³-hybridized carbons (Fsp3) is 0.276. The largest absolute Gasteiger partial charge is 0.489 e. The van der Waals surface area contributed by atoms with Crippen molar-refractivity contribution in [3.8, 4) is 17.0 Å². The summed E-state index contributed by atoms with van der Waals surface area (Å²) in [6.07, 6.45) is 4.69. The summed E-state index contributed by atoms with van der Waals surface area (Å²) in [7, 11) is 0. The Balaban J connectivity index is 1.31. The van der Waals surface area contributed by atoms with Gasteiger partial charge in [-0.05, 0) is 56.8 Å². The second-order valence-electron chi connectivity index (χ2n) is 9.92. The van der Waals surface area contributed by atoms with E-state index in [-0.39, 0.29) is 31.2 Å². The van der Waals surface area contributed by atoms with Gasteiger partial charge in [-0.25, -0.2) is 4.79 Å². The molecule has 2 aromatic carbocycles. The van der Waals surface area contributed by atoms with Gasteiger partial charge in [0, 0.05) is 28.9 Å². The quantitative estimate of drug-likeness (QED) is 0.149. The van der Waals surface area contributed by atoms with Crippen LogP contribution in [0.2, 0.25) is 15.1 Å². The number of benzene rings is 2. The molecule has 0 atom stereocenters. The fourth-order valence-corrected chi connectivity index (χ4v) is 5.66. The van der Waals surface area contributed by atoms with Crippen molar-refractivity contribution in [2.24, 2.45) is 4.99 Å². The highest BCUT2D eigenvalue weighted by Crippen LogP contribution is 2.46. The molecular weight excluding hydrogens is 577 g/mol. The van der Waals surface area contributed by atoms with Crippen molar-refractivity contribution >= 4 is 47.5 Å². The number of carbonyl (C=O) groups is 1. The molecule has 1 aliphatic heterocycles. The Morgan fingerprint density at radius 3 is 2.52 bits per heavy atom. The summed E-state index contributed by atoms with van der Waals surface area (Å²) >= 11 is 19.5. The SMILES string of the molecule is C=N/C=C(\C=C(/C)N1CC(O)(c2ccc(OCc3c(-c4c(Cl)cccc4Cl)noc3C3CC3)cc2Cl)C1)C(=O)O. The van der Waals surface area contributed by atoms with Crippen LogP contribution in [-0.4, -0.2) is 46.0 Å². The lowest BCUT2D eigenvalue weighted by atomic mass is 9.85. The number of allylic oxidation sites excluding steroid dienone is 1. The Kier molecular flexibility index (Phi) is 7.97. The first-order valence-corrected chi connectivity index (χ1v) is 13.6. The number of carboxylic acid groups (broad SMARTS) is 1. The predicted molar refractivity (Wildman–Crippen MR) is 154 cm³/mol. The zero-order valence-corrected chi connectivity index (χ0v) is 23.8. The number of β-amino-alcohol motifs (C(OH)–C–C–N with tert-alkyl or cyclic N) is 1. The maximum Gasteiger partial charge on any atom is 0.337 e. The van der Waals surface area contributed by atoms with Gasteiger partial charge in [0.25, 0.3) is 0 Å². The number of carboxylic acids is 1. The van der Waals surface area contributed by atoms with Crippen LogP contribution in [0.1, 0.15) is 42.6 Å². The number of aromatic nitrogens is 1. The summed E-state index contributed by atoms with van der Waals surface area (Å²) in [5, 5.41) is 26.1. The molecule has 0 bridgehead atoms. The number of likely N-dealkylation sites (tertiary alicyclic amines) is 1. The minimum Gasteiger partial charge on any atom is -0.489 e. The van der Waals surface area contributed by atoms with E-state index in [1.807, 2.05) is 4.90 Å². The molecule has 2 N–H and O–H groups in total. The molecule has 0 radical (unpaired) electrons. The molecule has 1 saturated heterocycles. The van der Waals surface area contributed by atoms with Crippen LogP contribution >= 0.6 is 34.8 Å². The van der Waals surface area contributed by atoms with Gasteiger partial charge in [-0.1, -0.05) is 52.1 Å². The van der Waals surface area contributed by atoms with Gasteiger partial charge < -0.3 is 24.4 Å². The van der Waals surface area contributed by atoms with E-state index >= 15 is 0 Å². The van der Waals surface area contributed by atoms with Crippen LogP contribution in [0.5, 0.6) is 5.75 Å². The molecule has 5 rings (SSSR count). The number of hydrogen-bond acceptors (Lipinski definition) is 7. The van der Waals surface area contributed by atoms with E-state index in [0.29, 0.717) is 43.3 Å². The molecule has 8 nitrogen and oxygen atoms in total. The molecule has 0 amide bonds. The first-order chi connectivity index (χ1) is 19.1. The summed E-state index contributed by atoms with van der Waals surface area (Å²) in [4.78, 5) is 16.7. The van der Waals surface area contributed by atoms with E-state index in [4.69, 9.17) is 44.1 Å². The molecule has 0 spiro atoms. The Hall–Kier alpha value is -3.30. The van der Waals surface area contributed by atoms with Crippen molar-refractivity contribution in [2.75, 3.05) is 13.1 Å². The molecule has 2 aliphatic rings. The highest BCUT2D eigenvalue weighted by molar-refractivity contribution is 6.39. The van der Waals surface area contributed by atoms with Crippen LogP contribution in [0.15, 0.2) is 69.5 Å². The Morgan fingerprint density at radius 2 is 1.93 bits per heavy atom. The topological polar surface area (TPSA) is 108 Å². The van der Waals surface area contributed by atoms with E-state index in [9.17, 15) is 15.0 Å². The summed E-state index contributed by atoms with van der Waals surface area (Å²) < 4.78 is 11.8. The van der Waals surface area contributed by atoms with Gasteiger partial charge in [0.05, 0.1) is 39.3 Å². The lowest BCUT2D eigenvalue weighted by molar-refractivity contribution is -0.132.